The number of ketones is 1. The van der Waals surface area contributed by atoms with Gasteiger partial charge in [0.2, 0.25) is 5.13 Å². The van der Waals surface area contributed by atoms with Crippen LogP contribution in [0.25, 0.3) is 5.76 Å². The Labute approximate surface area is 181 Å². The molecule has 1 saturated heterocycles. The number of hydrogen-bond donors (Lipinski definition) is 1. The van der Waals surface area contributed by atoms with Gasteiger partial charge >= 0.3 is 5.91 Å². The number of Topliss-reactive ketones (excluding diaryl/α,β-unsaturated/α-hetero) is 1. The van der Waals surface area contributed by atoms with E-state index in [2.05, 4.69) is 10.2 Å². The predicted molar refractivity (Wildman–Crippen MR) is 113 cm³/mol. The van der Waals surface area contributed by atoms with Crippen molar-refractivity contribution in [2.45, 2.75) is 13.0 Å². The van der Waals surface area contributed by atoms with E-state index in [0.717, 1.165) is 0 Å². The maximum Gasteiger partial charge on any atom is 0.301 e. The Morgan fingerprint density at radius 3 is 2.52 bits per heavy atom. The Kier molecular flexibility index (Phi) is 4.67. The van der Waals surface area contributed by atoms with Gasteiger partial charge in [0.15, 0.2) is 11.5 Å². The Morgan fingerprint density at radius 1 is 1.06 bits per heavy atom. The van der Waals surface area contributed by atoms with Crippen LogP contribution in [0.1, 0.15) is 22.2 Å². The van der Waals surface area contributed by atoms with Crippen LogP contribution in [0.2, 0.25) is 0 Å². The number of hydrogen-bond acceptors (Lipinski definition) is 8. The Balaban J connectivity index is 1.68. The fourth-order valence-corrected chi connectivity index (χ4v) is 4.42. The molecule has 3 aromatic rings. The molecule has 0 spiro atoms. The molecule has 1 aromatic heterocycles. The number of rotatable bonds is 3. The maximum atomic E-state index is 13.1. The van der Waals surface area contributed by atoms with E-state index in [1.165, 1.54) is 16.2 Å². The summed E-state index contributed by atoms with van der Waals surface area (Å²) in [4.78, 5) is 27.4. The van der Waals surface area contributed by atoms with Crippen LogP contribution in [0.5, 0.6) is 11.5 Å². The lowest BCUT2D eigenvalue weighted by Crippen LogP contribution is -2.29. The summed E-state index contributed by atoms with van der Waals surface area (Å²) in [6.45, 7) is 2.60. The number of amides is 1. The highest BCUT2D eigenvalue weighted by Gasteiger charge is 2.48. The summed E-state index contributed by atoms with van der Waals surface area (Å²) < 4.78 is 11.1. The summed E-state index contributed by atoms with van der Waals surface area (Å²) in [6, 6.07) is 13.1. The van der Waals surface area contributed by atoms with Crippen LogP contribution < -0.4 is 14.4 Å². The number of anilines is 1. The van der Waals surface area contributed by atoms with E-state index in [-0.39, 0.29) is 11.3 Å². The van der Waals surface area contributed by atoms with Crippen molar-refractivity contribution in [2.24, 2.45) is 0 Å². The summed E-state index contributed by atoms with van der Waals surface area (Å²) in [5, 5.41) is 20.2. The number of ether oxygens (including phenoxy) is 2. The molecule has 1 amide bonds. The van der Waals surface area contributed by atoms with Crippen molar-refractivity contribution < 1.29 is 24.2 Å². The lowest BCUT2D eigenvalue weighted by molar-refractivity contribution is -0.132. The van der Waals surface area contributed by atoms with E-state index in [1.54, 1.807) is 37.3 Å². The zero-order chi connectivity index (χ0) is 21.5. The lowest BCUT2D eigenvalue weighted by Gasteiger charge is -2.23. The number of aromatic nitrogens is 2. The Bertz CT molecular complexity index is 1220. The van der Waals surface area contributed by atoms with Gasteiger partial charge in [-0.1, -0.05) is 41.7 Å². The van der Waals surface area contributed by atoms with Gasteiger partial charge in [-0.25, -0.2) is 0 Å². The first-order chi connectivity index (χ1) is 15.0. The van der Waals surface area contributed by atoms with Crippen molar-refractivity contribution in [3.05, 3.63) is 70.2 Å². The van der Waals surface area contributed by atoms with E-state index in [1.807, 2.05) is 18.2 Å². The number of aliphatic hydroxyl groups is 1. The zero-order valence-electron chi connectivity index (χ0n) is 16.4. The summed E-state index contributed by atoms with van der Waals surface area (Å²) in [6.07, 6.45) is 0. The summed E-state index contributed by atoms with van der Waals surface area (Å²) in [5.74, 6) is -0.793. The highest BCUT2D eigenvalue weighted by molar-refractivity contribution is 7.15. The molecule has 8 nitrogen and oxygen atoms in total. The highest BCUT2D eigenvalue weighted by Crippen LogP contribution is 2.43. The van der Waals surface area contributed by atoms with Crippen LogP contribution in [0, 0.1) is 6.92 Å². The monoisotopic (exact) mass is 435 g/mol. The number of aliphatic hydroxyl groups excluding tert-OH is 1. The Hall–Kier alpha value is -3.72. The number of nitrogens with zero attached hydrogens (tertiary/aromatic N) is 3. The van der Waals surface area contributed by atoms with Gasteiger partial charge in [-0.2, -0.15) is 0 Å². The quantitative estimate of drug-likeness (QED) is 0.383. The fraction of sp³-hybridized carbons (Fsp3) is 0.182. The van der Waals surface area contributed by atoms with E-state index in [0.29, 0.717) is 46.0 Å². The topological polar surface area (TPSA) is 102 Å². The van der Waals surface area contributed by atoms with Gasteiger partial charge in [-0.15, -0.1) is 10.2 Å². The van der Waals surface area contributed by atoms with Crippen LogP contribution in [-0.4, -0.2) is 40.2 Å². The number of benzene rings is 2. The Morgan fingerprint density at radius 2 is 1.81 bits per heavy atom. The van der Waals surface area contributed by atoms with Crippen molar-refractivity contribution >= 4 is 33.9 Å². The average Bonchev–Trinajstić information content (AvgIpc) is 3.34. The summed E-state index contributed by atoms with van der Waals surface area (Å²) in [5.41, 5.74) is 1.02. The molecule has 0 saturated carbocycles. The second kappa shape index (κ2) is 7.51. The standard InChI is InChI=1S/C22H17N3O5S/c1-12-23-24-22(31-12)25-18(13-5-3-2-4-6-13)17(20(27)21(25)28)19(26)14-7-8-15-16(11-14)30-10-9-29-15/h2-8,11,18,26H,9-10H2,1H3/t18-/m0/s1. The molecule has 1 N–H and O–H groups in total. The summed E-state index contributed by atoms with van der Waals surface area (Å²) >= 11 is 1.21. The van der Waals surface area contributed by atoms with Crippen LogP contribution in [-0.2, 0) is 9.59 Å². The normalized spacial score (nSPS) is 19.6. The average molecular weight is 435 g/mol. The third kappa shape index (κ3) is 3.23. The second-order valence-electron chi connectivity index (χ2n) is 7.04. The number of fused-ring (bicyclic) bond motifs is 1. The molecule has 9 heteroatoms. The second-order valence-corrected chi connectivity index (χ2v) is 8.20. The van der Waals surface area contributed by atoms with Crippen molar-refractivity contribution in [3.8, 4) is 11.5 Å². The van der Waals surface area contributed by atoms with Crippen molar-refractivity contribution in [2.75, 3.05) is 18.1 Å². The first-order valence-electron chi connectivity index (χ1n) is 9.60. The van der Waals surface area contributed by atoms with Gasteiger partial charge in [0.25, 0.3) is 5.78 Å². The minimum atomic E-state index is -0.832. The van der Waals surface area contributed by atoms with E-state index in [9.17, 15) is 14.7 Å². The summed E-state index contributed by atoms with van der Waals surface area (Å²) in [7, 11) is 0. The van der Waals surface area contributed by atoms with Crippen LogP contribution in [0.3, 0.4) is 0 Å². The highest BCUT2D eigenvalue weighted by atomic mass is 32.1. The van der Waals surface area contributed by atoms with Gasteiger partial charge in [-0.05, 0) is 30.7 Å². The minimum absolute atomic E-state index is 0.0132. The third-order valence-corrected chi connectivity index (χ3v) is 5.93. The van der Waals surface area contributed by atoms with Gasteiger partial charge in [0, 0.05) is 5.56 Å². The van der Waals surface area contributed by atoms with Crippen molar-refractivity contribution in [1.82, 2.24) is 10.2 Å². The molecule has 1 fully saturated rings. The molecular formula is C22H17N3O5S. The van der Waals surface area contributed by atoms with Gasteiger partial charge < -0.3 is 14.6 Å². The van der Waals surface area contributed by atoms with Crippen LogP contribution in [0.4, 0.5) is 5.13 Å². The maximum absolute atomic E-state index is 13.1. The SMILES string of the molecule is Cc1nnc(N2C(=O)C(=O)C(=C(O)c3ccc4c(c3)OCCO4)[C@@H]2c2ccccc2)s1. The molecule has 0 bridgehead atoms. The minimum Gasteiger partial charge on any atom is -0.507 e. The van der Waals surface area contributed by atoms with Gasteiger partial charge in [0.05, 0.1) is 11.6 Å². The zero-order valence-corrected chi connectivity index (χ0v) is 17.3. The number of carbonyl (C=O) groups is 2. The van der Waals surface area contributed by atoms with Crippen LogP contribution in [0.15, 0.2) is 54.1 Å². The predicted octanol–water partition coefficient (Wildman–Crippen LogP) is 3.24. The van der Waals surface area contributed by atoms with Crippen molar-refractivity contribution in [1.29, 1.82) is 0 Å². The van der Waals surface area contributed by atoms with E-state index in [4.69, 9.17) is 9.47 Å². The lowest BCUT2D eigenvalue weighted by atomic mass is 9.95. The molecule has 1 atom stereocenters. The molecular weight excluding hydrogens is 418 g/mol. The van der Waals surface area contributed by atoms with Gasteiger partial charge in [0.1, 0.15) is 24.0 Å². The first-order valence-corrected chi connectivity index (χ1v) is 10.4. The molecule has 2 aliphatic rings. The fourth-order valence-electron chi connectivity index (χ4n) is 3.71. The van der Waals surface area contributed by atoms with Gasteiger partial charge in [-0.3, -0.25) is 14.5 Å². The molecule has 3 heterocycles. The molecule has 2 aromatic carbocycles. The molecule has 0 aliphatic carbocycles. The molecule has 31 heavy (non-hydrogen) atoms. The number of aryl methyl sites for hydroxylation is 1. The molecule has 2 aliphatic heterocycles. The van der Waals surface area contributed by atoms with E-state index >= 15 is 0 Å². The third-order valence-electron chi connectivity index (χ3n) is 5.10. The number of carbonyl (C=O) groups excluding carboxylic acids is 2. The molecule has 0 radical (unpaired) electrons. The van der Waals surface area contributed by atoms with Crippen LogP contribution >= 0.6 is 11.3 Å². The largest absolute Gasteiger partial charge is 0.507 e. The first kappa shape index (κ1) is 19.3. The smallest absolute Gasteiger partial charge is 0.301 e. The van der Waals surface area contributed by atoms with E-state index < -0.39 is 17.7 Å². The molecule has 0 unspecified atom stereocenters. The molecule has 156 valence electrons. The molecule has 5 rings (SSSR count). The van der Waals surface area contributed by atoms with Crippen molar-refractivity contribution in [3.63, 3.8) is 0 Å².